The molecule has 1 aromatic carbocycles. The smallest absolute Gasteiger partial charge is 0.318 e. The Balaban J connectivity index is 2.22. The third kappa shape index (κ3) is 1.28. The maximum Gasteiger partial charge on any atom is 0.318 e. The highest BCUT2D eigenvalue weighted by Gasteiger charge is 2.26. The van der Waals surface area contributed by atoms with Gasteiger partial charge in [0.25, 0.3) is 0 Å². The molecule has 0 unspecified atom stereocenters. The summed E-state index contributed by atoms with van der Waals surface area (Å²) in [5, 5.41) is 0. The summed E-state index contributed by atoms with van der Waals surface area (Å²) in [6.07, 6.45) is 6.95. The molecule has 0 aromatic heterocycles. The van der Waals surface area contributed by atoms with Gasteiger partial charge in [0.15, 0.2) is 0 Å². The van der Waals surface area contributed by atoms with E-state index in [0.717, 1.165) is 25.0 Å². The Bertz CT molecular complexity index is 558. The second kappa shape index (κ2) is 3.58. The van der Waals surface area contributed by atoms with E-state index in [9.17, 15) is 0 Å². The molecule has 0 atom stereocenters. The largest absolute Gasteiger partial charge is 0.361 e. The third-order valence-electron chi connectivity index (χ3n) is 3.37. The fraction of sp³-hybridized carbons (Fsp3) is 0.214. The number of hydrogen-bond acceptors (Lipinski definition) is 0. The topological polar surface area (TPSA) is 36.4 Å². The SMILES string of the molecule is [N-]=[N+]=C1C=CCC2=C1CCc1ccccc12. The van der Waals surface area contributed by atoms with Crippen molar-refractivity contribution in [1.82, 2.24) is 0 Å². The van der Waals surface area contributed by atoms with Crippen LogP contribution in [0.15, 0.2) is 42.0 Å². The van der Waals surface area contributed by atoms with Crippen LogP contribution in [0.5, 0.6) is 0 Å². The first-order valence-electron chi connectivity index (χ1n) is 5.59. The lowest BCUT2D eigenvalue weighted by molar-refractivity contribution is -0.00280. The maximum atomic E-state index is 8.98. The Kier molecular flexibility index (Phi) is 2.09. The van der Waals surface area contributed by atoms with Crippen molar-refractivity contribution in [1.29, 1.82) is 0 Å². The lowest BCUT2D eigenvalue weighted by Gasteiger charge is -2.22. The van der Waals surface area contributed by atoms with Crippen LogP contribution in [0.1, 0.15) is 24.0 Å². The number of rotatable bonds is 0. The first-order valence-corrected chi connectivity index (χ1v) is 5.59. The van der Waals surface area contributed by atoms with Crippen molar-refractivity contribution in [3.05, 3.63) is 58.6 Å². The summed E-state index contributed by atoms with van der Waals surface area (Å²) in [6, 6.07) is 8.51. The normalized spacial score (nSPS) is 17.9. The standard InChI is InChI=1S/C14H12N2/c15-16-14-7-3-6-12-11-5-2-1-4-10(11)8-9-13(12)14/h1-5,7H,6,8-9H2. The van der Waals surface area contributed by atoms with E-state index in [-0.39, 0.29) is 0 Å². The molecule has 0 heterocycles. The first-order chi connectivity index (χ1) is 7.90. The van der Waals surface area contributed by atoms with Crippen LogP contribution < -0.4 is 0 Å². The van der Waals surface area contributed by atoms with Gasteiger partial charge in [0.2, 0.25) is 0 Å². The average molecular weight is 208 g/mol. The summed E-state index contributed by atoms with van der Waals surface area (Å²) in [7, 11) is 0. The molecule has 0 bridgehead atoms. The zero-order valence-electron chi connectivity index (χ0n) is 8.98. The lowest BCUT2D eigenvalue weighted by atomic mass is 9.80. The van der Waals surface area contributed by atoms with Crippen LogP contribution in [0.25, 0.3) is 11.1 Å². The fourth-order valence-electron chi connectivity index (χ4n) is 2.60. The van der Waals surface area contributed by atoms with Crippen LogP contribution in [0.3, 0.4) is 0 Å². The van der Waals surface area contributed by atoms with E-state index in [1.165, 1.54) is 22.3 Å². The number of benzene rings is 1. The van der Waals surface area contributed by atoms with Gasteiger partial charge in [0.05, 0.1) is 0 Å². The molecule has 0 radical (unpaired) electrons. The summed E-state index contributed by atoms with van der Waals surface area (Å²) in [6.45, 7) is 0. The van der Waals surface area contributed by atoms with E-state index in [1.807, 2.05) is 6.08 Å². The molecule has 2 aliphatic carbocycles. The van der Waals surface area contributed by atoms with Gasteiger partial charge in [-0.2, -0.15) is 4.79 Å². The summed E-state index contributed by atoms with van der Waals surface area (Å²) >= 11 is 0. The van der Waals surface area contributed by atoms with Gasteiger partial charge < -0.3 is 5.53 Å². The fourth-order valence-corrected chi connectivity index (χ4v) is 2.60. The zero-order valence-corrected chi connectivity index (χ0v) is 8.98. The molecule has 16 heavy (non-hydrogen) atoms. The van der Waals surface area contributed by atoms with Crippen molar-refractivity contribution >= 4 is 11.3 Å². The molecule has 0 spiro atoms. The van der Waals surface area contributed by atoms with E-state index in [2.05, 4.69) is 35.1 Å². The highest BCUT2D eigenvalue weighted by Crippen LogP contribution is 2.36. The van der Waals surface area contributed by atoms with Crippen molar-refractivity contribution in [3.8, 4) is 0 Å². The van der Waals surface area contributed by atoms with Crippen molar-refractivity contribution in [2.75, 3.05) is 0 Å². The molecule has 0 fully saturated rings. The Labute approximate surface area is 94.5 Å². The van der Waals surface area contributed by atoms with Gasteiger partial charge in [-0.3, -0.25) is 0 Å². The summed E-state index contributed by atoms with van der Waals surface area (Å²) in [4.78, 5) is 3.38. The Morgan fingerprint density at radius 3 is 2.81 bits per heavy atom. The minimum absolute atomic E-state index is 0.732. The Hall–Kier alpha value is -1.92. The molecule has 0 saturated carbocycles. The van der Waals surface area contributed by atoms with Gasteiger partial charge in [-0.15, -0.1) is 0 Å². The predicted octanol–water partition coefficient (Wildman–Crippen LogP) is 3.02. The maximum absolute atomic E-state index is 8.98. The Morgan fingerprint density at radius 2 is 1.94 bits per heavy atom. The molecule has 0 amide bonds. The zero-order chi connectivity index (χ0) is 11.0. The second-order valence-corrected chi connectivity index (χ2v) is 4.21. The van der Waals surface area contributed by atoms with E-state index in [1.54, 1.807) is 0 Å². The molecule has 2 aliphatic rings. The van der Waals surface area contributed by atoms with Crippen LogP contribution >= 0.6 is 0 Å². The van der Waals surface area contributed by atoms with Crippen LogP contribution in [-0.4, -0.2) is 10.5 Å². The van der Waals surface area contributed by atoms with Gasteiger partial charge in [-0.1, -0.05) is 30.3 Å². The van der Waals surface area contributed by atoms with Crippen LogP contribution in [0.2, 0.25) is 0 Å². The molecule has 0 saturated heterocycles. The molecule has 3 rings (SSSR count). The van der Waals surface area contributed by atoms with E-state index in [4.69, 9.17) is 5.53 Å². The van der Waals surface area contributed by atoms with Gasteiger partial charge in [0.1, 0.15) is 0 Å². The summed E-state index contributed by atoms with van der Waals surface area (Å²) < 4.78 is 0. The number of aryl methyl sites for hydroxylation is 1. The number of fused-ring (bicyclic) bond motifs is 2. The summed E-state index contributed by atoms with van der Waals surface area (Å²) in [5.74, 6) is 0. The number of nitrogens with zero attached hydrogens (tertiary/aromatic N) is 2. The van der Waals surface area contributed by atoms with E-state index >= 15 is 0 Å². The van der Waals surface area contributed by atoms with Crippen molar-refractivity contribution in [2.24, 2.45) is 0 Å². The predicted molar refractivity (Wildman–Crippen MR) is 64.1 cm³/mol. The minimum Gasteiger partial charge on any atom is -0.361 e. The van der Waals surface area contributed by atoms with E-state index < -0.39 is 0 Å². The molecular weight excluding hydrogens is 196 g/mol. The van der Waals surface area contributed by atoms with Crippen molar-refractivity contribution in [2.45, 2.75) is 19.3 Å². The second-order valence-electron chi connectivity index (χ2n) is 4.21. The van der Waals surface area contributed by atoms with E-state index in [0.29, 0.717) is 0 Å². The highest BCUT2D eigenvalue weighted by molar-refractivity contribution is 6.12. The average Bonchev–Trinajstić information content (AvgIpc) is 2.37. The van der Waals surface area contributed by atoms with Crippen LogP contribution in [0, 0.1) is 0 Å². The lowest BCUT2D eigenvalue weighted by Crippen LogP contribution is -2.14. The molecule has 1 aromatic rings. The quantitative estimate of drug-likeness (QED) is 0.464. The van der Waals surface area contributed by atoms with Gasteiger partial charge in [-0.05, 0) is 36.0 Å². The molecular formula is C14H12N2. The minimum atomic E-state index is 0.732. The van der Waals surface area contributed by atoms with Gasteiger partial charge >= 0.3 is 5.71 Å². The molecule has 2 heteroatoms. The monoisotopic (exact) mass is 208 g/mol. The third-order valence-corrected chi connectivity index (χ3v) is 3.37. The molecule has 0 N–H and O–H groups in total. The van der Waals surface area contributed by atoms with Gasteiger partial charge in [-0.25, -0.2) is 0 Å². The van der Waals surface area contributed by atoms with Gasteiger partial charge in [0, 0.05) is 11.6 Å². The molecule has 2 nitrogen and oxygen atoms in total. The number of hydrogen-bond donors (Lipinski definition) is 0. The summed E-state index contributed by atoms with van der Waals surface area (Å²) in [5.41, 5.74) is 15.0. The highest BCUT2D eigenvalue weighted by atomic mass is 14.9. The first kappa shape index (κ1) is 9.32. The van der Waals surface area contributed by atoms with Crippen LogP contribution in [0.4, 0.5) is 0 Å². The molecule has 0 aliphatic heterocycles. The van der Waals surface area contributed by atoms with Crippen molar-refractivity contribution < 1.29 is 4.79 Å². The van der Waals surface area contributed by atoms with Crippen molar-refractivity contribution in [3.63, 3.8) is 0 Å². The Morgan fingerprint density at radius 1 is 1.06 bits per heavy atom. The number of allylic oxidation sites excluding steroid dienone is 4. The van der Waals surface area contributed by atoms with Crippen LogP contribution in [-0.2, 0) is 6.42 Å². The molecule has 78 valence electrons.